The molecule has 0 fully saturated rings. The molecule has 0 aliphatic heterocycles. The molecule has 86 valence electrons. The van der Waals surface area contributed by atoms with Gasteiger partial charge in [0.15, 0.2) is 5.78 Å². The van der Waals surface area contributed by atoms with Gasteiger partial charge in [-0.1, -0.05) is 15.9 Å². The molecular weight excluding hydrogens is 284 g/mol. The first kappa shape index (κ1) is 11.7. The van der Waals surface area contributed by atoms with Crippen LogP contribution in [0.1, 0.15) is 15.9 Å². The zero-order chi connectivity index (χ0) is 12.3. The van der Waals surface area contributed by atoms with Crippen LogP contribution in [0.4, 0.5) is 0 Å². The molecule has 1 aromatic carbocycles. The van der Waals surface area contributed by atoms with Gasteiger partial charge in [0.05, 0.1) is 12.7 Å². The lowest BCUT2D eigenvalue weighted by molar-refractivity contribution is 0.103. The summed E-state index contributed by atoms with van der Waals surface area (Å²) < 4.78 is 5.81. The molecule has 0 N–H and O–H groups in total. The predicted octanol–water partition coefficient (Wildman–Crippen LogP) is 2.48. The van der Waals surface area contributed by atoms with Crippen molar-refractivity contribution in [2.75, 3.05) is 7.11 Å². The van der Waals surface area contributed by atoms with E-state index in [4.69, 9.17) is 4.74 Å². The summed E-state index contributed by atoms with van der Waals surface area (Å²) in [6.07, 6.45) is 4.36. The number of rotatable bonds is 3. The van der Waals surface area contributed by atoms with Crippen molar-refractivity contribution in [2.24, 2.45) is 0 Å². The lowest BCUT2D eigenvalue weighted by Crippen LogP contribution is -2.03. The molecule has 2 aromatic rings. The number of aromatic nitrogens is 2. The highest BCUT2D eigenvalue weighted by atomic mass is 79.9. The minimum Gasteiger partial charge on any atom is -0.497 e. The molecule has 0 radical (unpaired) electrons. The van der Waals surface area contributed by atoms with E-state index in [2.05, 4.69) is 25.9 Å². The second-order valence-corrected chi connectivity index (χ2v) is 4.16. The van der Waals surface area contributed by atoms with Crippen LogP contribution in [-0.4, -0.2) is 22.9 Å². The van der Waals surface area contributed by atoms with Crippen molar-refractivity contribution < 1.29 is 9.53 Å². The minimum absolute atomic E-state index is 0.142. The lowest BCUT2D eigenvalue weighted by atomic mass is 10.1. The summed E-state index contributed by atoms with van der Waals surface area (Å²) in [5.41, 5.74) is 0.973. The van der Waals surface area contributed by atoms with E-state index in [0.29, 0.717) is 21.3 Å². The van der Waals surface area contributed by atoms with Crippen molar-refractivity contribution in [3.63, 3.8) is 0 Å². The Bertz CT molecular complexity index is 543. The van der Waals surface area contributed by atoms with Crippen LogP contribution in [-0.2, 0) is 0 Å². The van der Waals surface area contributed by atoms with E-state index in [9.17, 15) is 4.79 Å². The van der Waals surface area contributed by atoms with E-state index in [1.807, 2.05) is 0 Å². The molecule has 1 aromatic heterocycles. The maximum Gasteiger partial charge on any atom is 0.197 e. The van der Waals surface area contributed by atoms with Crippen molar-refractivity contribution in [3.05, 3.63) is 52.5 Å². The molecule has 5 heteroatoms. The van der Waals surface area contributed by atoms with Gasteiger partial charge in [-0.15, -0.1) is 0 Å². The van der Waals surface area contributed by atoms with E-state index in [0.717, 1.165) is 0 Å². The lowest BCUT2D eigenvalue weighted by Gasteiger charge is -2.06. The van der Waals surface area contributed by atoms with Crippen LogP contribution in [0.15, 0.2) is 41.4 Å². The number of hydrogen-bond acceptors (Lipinski definition) is 4. The van der Waals surface area contributed by atoms with Crippen molar-refractivity contribution in [1.82, 2.24) is 9.97 Å². The number of ether oxygens (including phenoxy) is 1. The molecular formula is C12H9BrN2O2. The Morgan fingerprint density at radius 1 is 1.29 bits per heavy atom. The first-order valence-corrected chi connectivity index (χ1v) is 5.65. The monoisotopic (exact) mass is 292 g/mol. The summed E-state index contributed by atoms with van der Waals surface area (Å²) in [4.78, 5) is 19.8. The Hall–Kier alpha value is -1.75. The summed E-state index contributed by atoms with van der Waals surface area (Å²) in [6.45, 7) is 0. The third kappa shape index (κ3) is 2.50. The fourth-order valence-corrected chi connectivity index (χ4v) is 1.80. The first-order valence-electron chi connectivity index (χ1n) is 4.85. The SMILES string of the molecule is COc1ccc(Br)c(C(=O)c2cncnc2)c1. The number of nitrogens with zero attached hydrogens (tertiary/aromatic N) is 2. The number of halogens is 1. The van der Waals surface area contributed by atoms with Crippen molar-refractivity contribution in [3.8, 4) is 5.75 Å². The summed E-state index contributed by atoms with van der Waals surface area (Å²) >= 11 is 3.34. The van der Waals surface area contributed by atoms with Gasteiger partial charge < -0.3 is 4.74 Å². The standard InChI is InChI=1S/C12H9BrN2O2/c1-17-9-2-3-11(13)10(4-9)12(16)8-5-14-7-15-6-8/h2-7H,1H3. The number of carbonyl (C=O) groups excluding carboxylic acids is 1. The summed E-state index contributed by atoms with van der Waals surface area (Å²) in [5.74, 6) is 0.491. The smallest absolute Gasteiger partial charge is 0.197 e. The Morgan fingerprint density at radius 3 is 2.65 bits per heavy atom. The van der Waals surface area contributed by atoms with Gasteiger partial charge >= 0.3 is 0 Å². The van der Waals surface area contributed by atoms with Gasteiger partial charge in [-0.2, -0.15) is 0 Å². The highest BCUT2D eigenvalue weighted by Gasteiger charge is 2.13. The Morgan fingerprint density at radius 2 is 2.00 bits per heavy atom. The molecule has 0 atom stereocenters. The Kier molecular flexibility index (Phi) is 3.49. The van der Waals surface area contributed by atoms with Gasteiger partial charge in [0.25, 0.3) is 0 Å². The number of benzene rings is 1. The molecule has 17 heavy (non-hydrogen) atoms. The van der Waals surface area contributed by atoms with Gasteiger partial charge in [0.1, 0.15) is 12.1 Å². The molecule has 0 saturated carbocycles. The number of hydrogen-bond donors (Lipinski definition) is 0. The van der Waals surface area contributed by atoms with Gasteiger partial charge in [0, 0.05) is 22.4 Å². The summed E-state index contributed by atoms with van der Waals surface area (Å²) in [7, 11) is 1.56. The molecule has 0 spiro atoms. The van der Waals surface area contributed by atoms with Crippen molar-refractivity contribution in [1.29, 1.82) is 0 Å². The molecule has 4 nitrogen and oxygen atoms in total. The number of methoxy groups -OCH3 is 1. The highest BCUT2D eigenvalue weighted by Crippen LogP contribution is 2.24. The summed E-state index contributed by atoms with van der Waals surface area (Å²) in [6, 6.07) is 5.23. The Labute approximate surface area is 107 Å². The maximum atomic E-state index is 12.2. The summed E-state index contributed by atoms with van der Waals surface area (Å²) in [5, 5.41) is 0. The van der Waals surface area contributed by atoms with E-state index in [1.165, 1.54) is 18.7 Å². The minimum atomic E-state index is -0.142. The average Bonchev–Trinajstić information content (AvgIpc) is 2.39. The van der Waals surface area contributed by atoms with Gasteiger partial charge in [-0.25, -0.2) is 9.97 Å². The molecule has 0 unspecified atom stereocenters. The van der Waals surface area contributed by atoms with E-state index in [1.54, 1.807) is 25.3 Å². The molecule has 0 aliphatic rings. The second kappa shape index (κ2) is 5.05. The molecule has 0 amide bonds. The zero-order valence-corrected chi connectivity index (χ0v) is 10.6. The molecule has 0 saturated heterocycles. The average molecular weight is 293 g/mol. The second-order valence-electron chi connectivity index (χ2n) is 3.30. The van der Waals surface area contributed by atoms with Crippen LogP contribution < -0.4 is 4.74 Å². The third-order valence-corrected chi connectivity index (χ3v) is 2.93. The number of carbonyl (C=O) groups is 1. The van der Waals surface area contributed by atoms with Crippen molar-refractivity contribution in [2.45, 2.75) is 0 Å². The largest absolute Gasteiger partial charge is 0.497 e. The van der Waals surface area contributed by atoms with Gasteiger partial charge in [0.2, 0.25) is 0 Å². The normalized spacial score (nSPS) is 10.0. The van der Waals surface area contributed by atoms with Crippen LogP contribution in [0.3, 0.4) is 0 Å². The molecule has 0 aliphatic carbocycles. The molecule has 2 rings (SSSR count). The first-order chi connectivity index (χ1) is 8.22. The Balaban J connectivity index is 2.44. The van der Waals surface area contributed by atoms with Gasteiger partial charge in [-0.3, -0.25) is 4.79 Å². The predicted molar refractivity (Wildman–Crippen MR) is 66.2 cm³/mol. The third-order valence-electron chi connectivity index (χ3n) is 2.24. The fraction of sp³-hybridized carbons (Fsp3) is 0.0833. The van der Waals surface area contributed by atoms with E-state index < -0.39 is 0 Å². The van der Waals surface area contributed by atoms with Crippen LogP contribution in [0.25, 0.3) is 0 Å². The van der Waals surface area contributed by atoms with Gasteiger partial charge in [-0.05, 0) is 18.2 Å². The fourth-order valence-electron chi connectivity index (χ4n) is 1.38. The van der Waals surface area contributed by atoms with E-state index >= 15 is 0 Å². The van der Waals surface area contributed by atoms with Crippen molar-refractivity contribution >= 4 is 21.7 Å². The van der Waals surface area contributed by atoms with Crippen LogP contribution in [0.5, 0.6) is 5.75 Å². The molecule has 1 heterocycles. The van der Waals surface area contributed by atoms with Crippen LogP contribution in [0, 0.1) is 0 Å². The zero-order valence-electron chi connectivity index (χ0n) is 9.05. The number of ketones is 1. The highest BCUT2D eigenvalue weighted by molar-refractivity contribution is 9.10. The topological polar surface area (TPSA) is 52.1 Å². The van der Waals surface area contributed by atoms with Crippen LogP contribution in [0.2, 0.25) is 0 Å². The molecule has 0 bridgehead atoms. The quantitative estimate of drug-likeness (QED) is 0.816. The maximum absolute atomic E-state index is 12.2. The van der Waals surface area contributed by atoms with E-state index in [-0.39, 0.29) is 5.78 Å². The van der Waals surface area contributed by atoms with Crippen LogP contribution >= 0.6 is 15.9 Å².